The lowest BCUT2D eigenvalue weighted by molar-refractivity contribution is 0.296. The molecule has 0 saturated carbocycles. The van der Waals surface area contributed by atoms with Crippen LogP contribution in [0.5, 0.6) is 23.0 Å². The molecule has 1 N–H and O–H groups in total. The van der Waals surface area contributed by atoms with Gasteiger partial charge in [0.1, 0.15) is 23.1 Å². The molecule has 2 aromatic carbocycles. The van der Waals surface area contributed by atoms with E-state index in [9.17, 15) is 13.2 Å². The van der Waals surface area contributed by atoms with Gasteiger partial charge in [-0.2, -0.15) is 13.7 Å². The van der Waals surface area contributed by atoms with Crippen LogP contribution in [0, 0.1) is 18.3 Å². The van der Waals surface area contributed by atoms with Gasteiger partial charge in [-0.25, -0.2) is 9.78 Å². The van der Waals surface area contributed by atoms with E-state index < -0.39 is 10.0 Å². The van der Waals surface area contributed by atoms with Crippen molar-refractivity contribution >= 4 is 26.7 Å². The minimum absolute atomic E-state index is 0.119. The number of nitrogens with zero attached hydrogens (tertiary/aromatic N) is 5. The highest BCUT2D eigenvalue weighted by Crippen LogP contribution is 2.37. The maximum atomic E-state index is 13.3. The van der Waals surface area contributed by atoms with Crippen molar-refractivity contribution in [2.45, 2.75) is 38.1 Å². The molecule has 0 saturated heterocycles. The quantitative estimate of drug-likeness (QED) is 0.253. The van der Waals surface area contributed by atoms with E-state index in [-0.39, 0.29) is 22.2 Å². The van der Waals surface area contributed by atoms with Crippen LogP contribution in [0.2, 0.25) is 0 Å². The Morgan fingerprint density at radius 1 is 0.975 bits per heavy atom. The maximum absolute atomic E-state index is 13.3. The number of ether oxygens (including phenoxy) is 3. The van der Waals surface area contributed by atoms with E-state index >= 15 is 0 Å². The normalized spacial score (nSPS) is 11.4. The van der Waals surface area contributed by atoms with E-state index in [0.717, 1.165) is 6.42 Å². The molecule has 4 rings (SSSR count). The van der Waals surface area contributed by atoms with Gasteiger partial charge in [0.15, 0.2) is 10.8 Å². The van der Waals surface area contributed by atoms with Gasteiger partial charge >= 0.3 is 5.69 Å². The molecule has 0 aliphatic rings. The topological polar surface area (TPSA) is 142 Å². The smallest absolute Gasteiger partial charge is 0.328 e. The number of anilines is 1. The molecule has 40 heavy (non-hydrogen) atoms. The average molecular weight is 569 g/mol. The first kappa shape index (κ1) is 28.6. The van der Waals surface area contributed by atoms with Crippen molar-refractivity contribution in [1.29, 1.82) is 5.26 Å². The standard InChI is InChI=1S/C27H32N6O6S/c1-6-10-37-19-12-20(38-11-8-7-9-28)14-21(13-19)39-25-16-24-23(32(4)27(34)33(24)5)15-22(25)30-40(35,36)26-17-31(3)18(2)29-26/h12-17,30H,6-8,10-11H2,1-5H3. The second-order valence-electron chi connectivity index (χ2n) is 9.28. The summed E-state index contributed by atoms with van der Waals surface area (Å²) in [6.07, 6.45) is 3.13. The Bertz CT molecular complexity index is 1730. The van der Waals surface area contributed by atoms with Gasteiger partial charge in [-0.15, -0.1) is 0 Å². The van der Waals surface area contributed by atoms with E-state index in [1.807, 2.05) is 6.92 Å². The summed E-state index contributed by atoms with van der Waals surface area (Å²) in [5, 5.41) is 8.65. The molecule has 0 fully saturated rings. The van der Waals surface area contributed by atoms with Crippen LogP contribution in [-0.4, -0.2) is 40.3 Å². The largest absolute Gasteiger partial charge is 0.493 e. The Labute approximate surface area is 232 Å². The number of fused-ring (bicyclic) bond motifs is 1. The predicted molar refractivity (Wildman–Crippen MR) is 150 cm³/mol. The number of unbranched alkanes of at least 4 members (excludes halogenated alkanes) is 1. The lowest BCUT2D eigenvalue weighted by atomic mass is 10.2. The monoisotopic (exact) mass is 568 g/mol. The SMILES string of the molecule is CCCOc1cc(OCCCC#N)cc(Oc2cc3c(cc2NS(=O)(=O)c2cn(C)c(C)n2)n(C)c(=O)n3C)c1. The van der Waals surface area contributed by atoms with Crippen molar-refractivity contribution in [3.63, 3.8) is 0 Å². The maximum Gasteiger partial charge on any atom is 0.328 e. The van der Waals surface area contributed by atoms with Gasteiger partial charge in [-0.1, -0.05) is 6.92 Å². The molecule has 212 valence electrons. The molecule has 0 unspecified atom stereocenters. The molecule has 2 heterocycles. The first-order chi connectivity index (χ1) is 19.0. The summed E-state index contributed by atoms with van der Waals surface area (Å²) in [4.78, 5) is 16.8. The first-order valence-electron chi connectivity index (χ1n) is 12.7. The fraction of sp³-hybridized carbons (Fsp3) is 0.370. The molecule has 0 aliphatic heterocycles. The zero-order valence-corrected chi connectivity index (χ0v) is 23.9. The first-order valence-corrected chi connectivity index (χ1v) is 14.2. The number of hydrogen-bond donors (Lipinski definition) is 1. The molecule has 2 aromatic heterocycles. The number of rotatable bonds is 12. The van der Waals surface area contributed by atoms with Crippen molar-refractivity contribution in [2.75, 3.05) is 17.9 Å². The minimum Gasteiger partial charge on any atom is -0.493 e. The number of aryl methyl sites for hydroxylation is 4. The van der Waals surface area contributed by atoms with Crippen molar-refractivity contribution in [2.24, 2.45) is 21.1 Å². The third-order valence-corrected chi connectivity index (χ3v) is 7.47. The van der Waals surface area contributed by atoms with Crippen LogP contribution < -0.4 is 24.6 Å². The second kappa shape index (κ2) is 11.7. The molecular formula is C27H32N6O6S. The summed E-state index contributed by atoms with van der Waals surface area (Å²) >= 11 is 0. The lowest BCUT2D eigenvalue weighted by Gasteiger charge is -2.16. The summed E-state index contributed by atoms with van der Waals surface area (Å²) in [7, 11) is 0.845. The van der Waals surface area contributed by atoms with Gasteiger partial charge in [0.05, 0.1) is 36.0 Å². The Balaban J connectivity index is 1.78. The lowest BCUT2D eigenvalue weighted by Crippen LogP contribution is -2.19. The van der Waals surface area contributed by atoms with E-state index in [1.165, 1.54) is 15.3 Å². The van der Waals surface area contributed by atoms with E-state index in [4.69, 9.17) is 19.5 Å². The molecule has 0 spiro atoms. The summed E-state index contributed by atoms with van der Waals surface area (Å²) < 4.78 is 51.5. The van der Waals surface area contributed by atoms with Crippen molar-refractivity contribution in [1.82, 2.24) is 18.7 Å². The Hall–Kier alpha value is -4.44. The van der Waals surface area contributed by atoms with Crippen LogP contribution in [0.15, 0.2) is 46.3 Å². The molecule has 0 amide bonds. The fourth-order valence-electron chi connectivity index (χ4n) is 4.00. The third-order valence-electron chi connectivity index (χ3n) is 6.24. The molecule has 0 bridgehead atoms. The summed E-state index contributed by atoms with van der Waals surface area (Å²) in [5.74, 6) is 2.00. The summed E-state index contributed by atoms with van der Waals surface area (Å²) in [6.45, 7) is 4.49. The molecule has 12 nitrogen and oxygen atoms in total. The molecule has 0 atom stereocenters. The summed E-state index contributed by atoms with van der Waals surface area (Å²) in [6, 6.07) is 10.3. The molecule has 13 heteroatoms. The second-order valence-corrected chi connectivity index (χ2v) is 10.9. The summed E-state index contributed by atoms with van der Waals surface area (Å²) in [5.41, 5.74) is 0.902. The highest BCUT2D eigenvalue weighted by Gasteiger charge is 2.23. The van der Waals surface area contributed by atoms with Crippen LogP contribution in [0.25, 0.3) is 11.0 Å². The van der Waals surface area contributed by atoms with Crippen LogP contribution in [0.3, 0.4) is 0 Å². The Morgan fingerprint density at radius 2 is 1.60 bits per heavy atom. The van der Waals surface area contributed by atoms with Crippen molar-refractivity contribution < 1.29 is 22.6 Å². The highest BCUT2D eigenvalue weighted by atomic mass is 32.2. The minimum atomic E-state index is -4.09. The fourth-order valence-corrected chi connectivity index (χ4v) is 5.11. The molecule has 4 aromatic rings. The van der Waals surface area contributed by atoms with Gasteiger partial charge in [-0.05, 0) is 25.8 Å². The number of sulfonamides is 1. The van der Waals surface area contributed by atoms with Crippen molar-refractivity contribution in [3.8, 4) is 29.1 Å². The van der Waals surface area contributed by atoms with Gasteiger partial charge < -0.3 is 18.8 Å². The average Bonchev–Trinajstić information content (AvgIpc) is 3.37. The number of nitriles is 1. The highest BCUT2D eigenvalue weighted by molar-refractivity contribution is 7.92. The van der Waals surface area contributed by atoms with Gasteiger partial charge in [0, 0.05) is 58.0 Å². The molecule has 0 aliphatic carbocycles. The van der Waals surface area contributed by atoms with Gasteiger partial charge in [0.2, 0.25) is 0 Å². The Morgan fingerprint density at radius 3 is 2.20 bits per heavy atom. The van der Waals surface area contributed by atoms with Crippen LogP contribution in [0.4, 0.5) is 5.69 Å². The predicted octanol–water partition coefficient (Wildman–Crippen LogP) is 3.98. The van der Waals surface area contributed by atoms with E-state index in [2.05, 4.69) is 15.8 Å². The van der Waals surface area contributed by atoms with E-state index in [1.54, 1.807) is 63.0 Å². The zero-order chi connectivity index (χ0) is 29.0. The zero-order valence-electron chi connectivity index (χ0n) is 23.1. The Kier molecular flexibility index (Phi) is 8.39. The van der Waals surface area contributed by atoms with E-state index in [0.29, 0.717) is 60.2 Å². The third kappa shape index (κ3) is 6.07. The number of benzene rings is 2. The number of nitrogens with one attached hydrogen (secondary N) is 1. The number of aromatic nitrogens is 4. The van der Waals surface area contributed by atoms with Crippen LogP contribution in [-0.2, 0) is 31.2 Å². The number of imidazole rings is 2. The van der Waals surface area contributed by atoms with Crippen LogP contribution in [0.1, 0.15) is 32.0 Å². The van der Waals surface area contributed by atoms with Crippen LogP contribution >= 0.6 is 0 Å². The number of hydrogen-bond acceptors (Lipinski definition) is 8. The molecule has 0 radical (unpaired) electrons. The van der Waals surface area contributed by atoms with Crippen molar-refractivity contribution in [3.05, 3.63) is 52.8 Å². The van der Waals surface area contributed by atoms with Gasteiger partial charge in [0.25, 0.3) is 10.0 Å². The van der Waals surface area contributed by atoms with Gasteiger partial charge in [-0.3, -0.25) is 13.9 Å². The molecular weight excluding hydrogens is 536 g/mol.